The predicted molar refractivity (Wildman–Crippen MR) is 136 cm³/mol. The van der Waals surface area contributed by atoms with Gasteiger partial charge in [-0.15, -0.1) is 0 Å². The number of hydrogen-bond donors (Lipinski definition) is 1. The molecule has 2 amide bonds. The minimum absolute atomic E-state index is 0.0125. The summed E-state index contributed by atoms with van der Waals surface area (Å²) in [5.74, 6) is 1.25. The molecule has 180 valence electrons. The minimum atomic E-state index is -0.393. The molecule has 2 aromatic carbocycles. The van der Waals surface area contributed by atoms with Gasteiger partial charge < -0.3 is 9.72 Å². The Morgan fingerprint density at radius 2 is 1.77 bits per heavy atom. The number of benzene rings is 2. The van der Waals surface area contributed by atoms with Gasteiger partial charge in [0.25, 0.3) is 0 Å². The van der Waals surface area contributed by atoms with E-state index in [1.165, 1.54) is 22.6 Å². The van der Waals surface area contributed by atoms with Crippen molar-refractivity contribution in [3.63, 3.8) is 0 Å². The van der Waals surface area contributed by atoms with E-state index in [0.29, 0.717) is 17.5 Å². The predicted octanol–water partition coefficient (Wildman–Crippen LogP) is 5.81. The van der Waals surface area contributed by atoms with E-state index in [1.54, 1.807) is 7.11 Å². The number of nitrogens with zero attached hydrogens (tertiary/aromatic N) is 1. The van der Waals surface area contributed by atoms with Crippen molar-refractivity contribution in [3.05, 3.63) is 83.2 Å². The van der Waals surface area contributed by atoms with E-state index in [1.807, 2.05) is 42.5 Å². The lowest BCUT2D eigenvalue weighted by atomic mass is 9.59. The van der Waals surface area contributed by atoms with E-state index in [2.05, 4.69) is 30.1 Å². The van der Waals surface area contributed by atoms with Crippen LogP contribution in [0.2, 0.25) is 0 Å². The largest absolute Gasteiger partial charge is 0.497 e. The highest BCUT2D eigenvalue weighted by Crippen LogP contribution is 2.57. The van der Waals surface area contributed by atoms with E-state index in [0.717, 1.165) is 42.7 Å². The second-order valence-corrected chi connectivity index (χ2v) is 10.4. The average molecular weight is 469 g/mol. The number of H-pyrrole nitrogens is 1. The molecule has 1 N–H and O–H groups in total. The van der Waals surface area contributed by atoms with E-state index in [4.69, 9.17) is 4.74 Å². The van der Waals surface area contributed by atoms with Crippen molar-refractivity contribution in [3.8, 4) is 5.75 Å². The van der Waals surface area contributed by atoms with Crippen molar-refractivity contribution in [2.75, 3.05) is 12.0 Å². The highest BCUT2D eigenvalue weighted by atomic mass is 16.5. The molecular formula is C30H32N2O3. The number of rotatable bonds is 5. The van der Waals surface area contributed by atoms with Gasteiger partial charge in [-0.25, -0.2) is 4.90 Å². The average Bonchev–Trinajstić information content (AvgIpc) is 3.42. The van der Waals surface area contributed by atoms with Crippen molar-refractivity contribution in [2.45, 2.75) is 50.9 Å². The Hall–Kier alpha value is -3.34. The molecule has 3 aromatic rings. The molecule has 2 fully saturated rings. The Labute approximate surface area is 206 Å². The molecule has 6 rings (SSSR count). The normalized spacial score (nSPS) is 27.4. The van der Waals surface area contributed by atoms with Crippen LogP contribution in [0.15, 0.2) is 60.7 Å². The SMILES string of the molecule is CCC1CC[C@H]2c3[nH]c(Cc4ccc(OC)cc4)cc3[C@H]3C(=O)N(c4ccccc4)C(=O)[C@H]3[C@H]2C1. The maximum atomic E-state index is 13.9. The molecular weight excluding hydrogens is 436 g/mol. The maximum absolute atomic E-state index is 13.9. The summed E-state index contributed by atoms with van der Waals surface area (Å²) in [5.41, 5.74) is 5.23. The quantitative estimate of drug-likeness (QED) is 0.481. The summed E-state index contributed by atoms with van der Waals surface area (Å²) >= 11 is 0. The van der Waals surface area contributed by atoms with Gasteiger partial charge in [-0.05, 0) is 72.6 Å². The third-order valence-electron chi connectivity index (χ3n) is 8.61. The van der Waals surface area contributed by atoms with Gasteiger partial charge in [0.2, 0.25) is 11.8 Å². The number of anilines is 1. The first-order valence-electron chi connectivity index (χ1n) is 12.9. The van der Waals surface area contributed by atoms with Crippen LogP contribution in [0.4, 0.5) is 5.69 Å². The lowest BCUT2D eigenvalue weighted by Gasteiger charge is -2.43. The zero-order chi connectivity index (χ0) is 24.1. The summed E-state index contributed by atoms with van der Waals surface area (Å²) in [6.45, 7) is 2.25. The fraction of sp³-hybridized carbons (Fsp3) is 0.400. The van der Waals surface area contributed by atoms with Gasteiger partial charge in [-0.3, -0.25) is 9.59 Å². The zero-order valence-corrected chi connectivity index (χ0v) is 20.4. The molecule has 1 saturated carbocycles. The lowest BCUT2D eigenvalue weighted by molar-refractivity contribution is -0.123. The molecule has 1 saturated heterocycles. The second-order valence-electron chi connectivity index (χ2n) is 10.4. The van der Waals surface area contributed by atoms with Crippen LogP contribution in [0.5, 0.6) is 5.75 Å². The van der Waals surface area contributed by atoms with Crippen LogP contribution in [-0.4, -0.2) is 23.9 Å². The molecule has 1 aliphatic heterocycles. The Bertz CT molecular complexity index is 1250. The Morgan fingerprint density at radius 3 is 2.49 bits per heavy atom. The van der Waals surface area contributed by atoms with Crippen LogP contribution in [-0.2, 0) is 16.0 Å². The molecule has 1 unspecified atom stereocenters. The van der Waals surface area contributed by atoms with E-state index in [9.17, 15) is 9.59 Å². The monoisotopic (exact) mass is 468 g/mol. The molecule has 35 heavy (non-hydrogen) atoms. The number of para-hydroxylation sites is 1. The zero-order valence-electron chi connectivity index (χ0n) is 20.4. The molecule has 1 aromatic heterocycles. The van der Waals surface area contributed by atoms with Gasteiger partial charge in [-0.2, -0.15) is 0 Å². The van der Waals surface area contributed by atoms with Gasteiger partial charge in [0.1, 0.15) is 5.75 Å². The molecule has 0 spiro atoms. The van der Waals surface area contributed by atoms with E-state index >= 15 is 0 Å². The number of aromatic nitrogens is 1. The lowest BCUT2D eigenvalue weighted by Crippen LogP contribution is -2.39. The Kier molecular flexibility index (Phi) is 5.51. The number of imide groups is 1. The number of carbonyl (C=O) groups is 2. The topological polar surface area (TPSA) is 62.4 Å². The fourth-order valence-corrected chi connectivity index (χ4v) is 6.87. The Morgan fingerprint density at radius 1 is 1.00 bits per heavy atom. The van der Waals surface area contributed by atoms with E-state index < -0.39 is 5.92 Å². The molecule has 5 heteroatoms. The van der Waals surface area contributed by atoms with Gasteiger partial charge in [0.05, 0.1) is 24.6 Å². The minimum Gasteiger partial charge on any atom is -0.497 e. The summed E-state index contributed by atoms with van der Waals surface area (Å²) in [4.78, 5) is 32.9. The van der Waals surface area contributed by atoms with Crippen molar-refractivity contribution >= 4 is 17.5 Å². The van der Waals surface area contributed by atoms with Crippen LogP contribution in [0.25, 0.3) is 0 Å². The van der Waals surface area contributed by atoms with Crippen LogP contribution >= 0.6 is 0 Å². The van der Waals surface area contributed by atoms with Crippen LogP contribution < -0.4 is 9.64 Å². The molecule has 2 heterocycles. The highest BCUT2D eigenvalue weighted by Gasteiger charge is 2.58. The standard InChI is InChI=1S/C30H32N2O3/c1-3-18-11-14-23-24(16-18)26-27(30(34)32(29(26)33)21-7-5-4-6-8-21)25-17-20(31-28(23)25)15-19-9-12-22(35-2)13-10-19/h4-10,12-13,17-18,23-24,26-27,31H,3,11,14-16H2,1-2H3/t18?,23-,24+,26+,27-/m1/s1. The van der Waals surface area contributed by atoms with Crippen LogP contribution in [0.3, 0.4) is 0 Å². The number of ether oxygens (including phenoxy) is 1. The molecule has 2 aliphatic carbocycles. The van der Waals surface area contributed by atoms with Crippen molar-refractivity contribution in [1.82, 2.24) is 4.98 Å². The number of fused-ring (bicyclic) bond motifs is 6. The number of methoxy groups -OCH3 is 1. The summed E-state index contributed by atoms with van der Waals surface area (Å²) in [5, 5.41) is 0. The smallest absolute Gasteiger partial charge is 0.242 e. The van der Waals surface area contributed by atoms with Gasteiger partial charge in [-0.1, -0.05) is 43.7 Å². The van der Waals surface area contributed by atoms with Crippen molar-refractivity contribution < 1.29 is 14.3 Å². The third-order valence-corrected chi connectivity index (χ3v) is 8.61. The van der Waals surface area contributed by atoms with Gasteiger partial charge in [0, 0.05) is 23.7 Å². The van der Waals surface area contributed by atoms with Gasteiger partial charge >= 0.3 is 0 Å². The number of amides is 2. The number of hydrogen-bond acceptors (Lipinski definition) is 3. The Balaban J connectivity index is 1.40. The molecule has 0 radical (unpaired) electrons. The first-order valence-corrected chi connectivity index (χ1v) is 12.9. The first-order chi connectivity index (χ1) is 17.1. The number of nitrogens with one attached hydrogen (secondary N) is 1. The van der Waals surface area contributed by atoms with E-state index in [-0.39, 0.29) is 23.7 Å². The first kappa shape index (κ1) is 22.1. The number of carbonyl (C=O) groups excluding carboxylic acids is 2. The maximum Gasteiger partial charge on any atom is 0.242 e. The van der Waals surface area contributed by atoms with Gasteiger partial charge in [0.15, 0.2) is 0 Å². The third kappa shape index (κ3) is 3.60. The molecule has 5 atom stereocenters. The van der Waals surface area contributed by atoms with Crippen LogP contribution in [0.1, 0.15) is 67.0 Å². The summed E-state index contributed by atoms with van der Waals surface area (Å²) in [6.07, 6.45) is 5.18. The molecule has 0 bridgehead atoms. The van der Waals surface area contributed by atoms with Crippen molar-refractivity contribution in [1.29, 1.82) is 0 Å². The molecule has 5 nitrogen and oxygen atoms in total. The molecule has 3 aliphatic rings. The second kappa shape index (κ2) is 8.71. The number of aromatic amines is 1. The summed E-state index contributed by atoms with van der Waals surface area (Å²) in [6, 6.07) is 19.7. The summed E-state index contributed by atoms with van der Waals surface area (Å²) in [7, 11) is 1.67. The van der Waals surface area contributed by atoms with Crippen molar-refractivity contribution in [2.24, 2.45) is 17.8 Å². The summed E-state index contributed by atoms with van der Waals surface area (Å²) < 4.78 is 5.30. The highest BCUT2D eigenvalue weighted by molar-refractivity contribution is 6.24. The van der Waals surface area contributed by atoms with Crippen LogP contribution in [0, 0.1) is 17.8 Å². The fourth-order valence-electron chi connectivity index (χ4n) is 6.87.